The molecule has 0 aliphatic carbocycles. The molecule has 1 aliphatic heterocycles. The number of alkyl carbamates (subject to hydrolysis) is 1. The molecule has 0 saturated carbocycles. The molecule has 4 N–H and O–H groups in total. The predicted octanol–water partition coefficient (Wildman–Crippen LogP) is -0.385. The summed E-state index contributed by atoms with van der Waals surface area (Å²) in [6.07, 6.45) is 0.598. The molecule has 1 unspecified atom stereocenters. The van der Waals surface area contributed by atoms with E-state index in [-0.39, 0.29) is 18.9 Å². The van der Waals surface area contributed by atoms with E-state index in [0.717, 1.165) is 0 Å². The number of nitrogens with one attached hydrogen (secondary N) is 2. The third-order valence-electron chi connectivity index (χ3n) is 3.17. The second-order valence-corrected chi connectivity index (χ2v) is 6.29. The average molecular weight is 324 g/mol. The van der Waals surface area contributed by atoms with Crippen molar-refractivity contribution < 1.29 is 19.1 Å². The summed E-state index contributed by atoms with van der Waals surface area (Å²) in [5.74, 6) is -1.27. The van der Waals surface area contributed by atoms with Crippen LogP contribution in [0.2, 0.25) is 0 Å². The molecule has 0 radical (unpaired) electrons. The van der Waals surface area contributed by atoms with Crippen molar-refractivity contribution in [2.24, 2.45) is 11.7 Å². The lowest BCUT2D eigenvalue weighted by molar-refractivity contribution is -0.123. The number of ether oxygens (including phenoxy) is 1. The molecule has 3 amide bonds. The third kappa shape index (κ3) is 4.41. The summed E-state index contributed by atoms with van der Waals surface area (Å²) in [5.41, 5.74) is 4.61. The number of carbonyl (C=O) groups excluding carboxylic acids is 3. The van der Waals surface area contributed by atoms with E-state index in [1.807, 2.05) is 0 Å². The van der Waals surface area contributed by atoms with Crippen molar-refractivity contribution in [1.82, 2.24) is 20.1 Å². The smallest absolute Gasteiger partial charge is 0.408 e. The van der Waals surface area contributed by atoms with Crippen LogP contribution in [0.1, 0.15) is 27.2 Å². The van der Waals surface area contributed by atoms with Gasteiger partial charge in [0, 0.05) is 0 Å². The Kier molecular flexibility index (Phi) is 4.52. The van der Waals surface area contributed by atoms with Gasteiger partial charge in [-0.1, -0.05) is 0 Å². The monoisotopic (exact) mass is 324 g/mol. The highest BCUT2D eigenvalue weighted by molar-refractivity contribution is 5.93. The fourth-order valence-corrected chi connectivity index (χ4v) is 2.16. The minimum Gasteiger partial charge on any atom is -0.444 e. The summed E-state index contributed by atoms with van der Waals surface area (Å²) < 4.78 is 6.60. The number of nitrogens with zero attached hydrogens (tertiary/aromatic N) is 3. The summed E-state index contributed by atoms with van der Waals surface area (Å²) in [6.45, 7) is 5.35. The molecule has 23 heavy (non-hydrogen) atoms. The standard InChI is InChI=1S/C13H20N6O4/c1-13(2,3)23-12(22)17-8(9(14)20)4-7-5-19-11(15-6-16-19)18-10(7)21/h6-8H,4-5H2,1-3H3,(H2,14,20)(H,17,22)(H,15,16,18,21)/t7?,8-/m0/s1. The van der Waals surface area contributed by atoms with Crippen molar-refractivity contribution >= 4 is 23.9 Å². The number of primary amides is 1. The van der Waals surface area contributed by atoms with Gasteiger partial charge in [0.25, 0.3) is 0 Å². The first-order valence-corrected chi connectivity index (χ1v) is 7.13. The van der Waals surface area contributed by atoms with Gasteiger partial charge in [-0.15, -0.1) is 0 Å². The Morgan fingerprint density at radius 2 is 2.26 bits per heavy atom. The van der Waals surface area contributed by atoms with E-state index in [4.69, 9.17) is 10.5 Å². The van der Waals surface area contributed by atoms with E-state index in [1.165, 1.54) is 11.0 Å². The van der Waals surface area contributed by atoms with Crippen molar-refractivity contribution in [2.75, 3.05) is 5.32 Å². The maximum Gasteiger partial charge on any atom is 0.408 e. The Balaban J connectivity index is 2.01. The van der Waals surface area contributed by atoms with Gasteiger partial charge in [0.2, 0.25) is 17.8 Å². The Labute approximate surface area is 132 Å². The van der Waals surface area contributed by atoms with E-state index in [0.29, 0.717) is 5.95 Å². The lowest BCUT2D eigenvalue weighted by Crippen LogP contribution is -2.49. The van der Waals surface area contributed by atoms with E-state index in [2.05, 4.69) is 20.7 Å². The van der Waals surface area contributed by atoms with Crippen molar-refractivity contribution in [3.05, 3.63) is 6.33 Å². The van der Waals surface area contributed by atoms with Crippen molar-refractivity contribution in [2.45, 2.75) is 45.4 Å². The van der Waals surface area contributed by atoms with Gasteiger partial charge < -0.3 is 15.8 Å². The lowest BCUT2D eigenvalue weighted by atomic mass is 9.97. The number of hydrogen-bond acceptors (Lipinski definition) is 6. The second-order valence-electron chi connectivity index (χ2n) is 6.29. The Bertz CT molecular complexity index is 620. The molecule has 1 aromatic rings. The molecule has 2 rings (SSSR count). The molecule has 10 heteroatoms. The molecule has 10 nitrogen and oxygen atoms in total. The van der Waals surface area contributed by atoms with Gasteiger partial charge in [-0.3, -0.25) is 14.9 Å². The normalized spacial score (nSPS) is 18.6. The summed E-state index contributed by atoms with van der Waals surface area (Å²) in [5, 5.41) is 8.94. The number of rotatable bonds is 4. The SMILES string of the molecule is CC(C)(C)OC(=O)N[C@@H](CC1Cn2ncnc2NC1=O)C(N)=O. The molecule has 0 bridgehead atoms. The van der Waals surface area contributed by atoms with E-state index in [1.54, 1.807) is 20.8 Å². The van der Waals surface area contributed by atoms with Crippen LogP contribution < -0.4 is 16.4 Å². The maximum atomic E-state index is 12.0. The van der Waals surface area contributed by atoms with Crippen LogP contribution in [0.3, 0.4) is 0 Å². The summed E-state index contributed by atoms with van der Waals surface area (Å²) in [4.78, 5) is 39.3. The van der Waals surface area contributed by atoms with Gasteiger partial charge >= 0.3 is 6.09 Å². The van der Waals surface area contributed by atoms with E-state index < -0.39 is 29.6 Å². The number of hydrogen-bond donors (Lipinski definition) is 3. The van der Waals surface area contributed by atoms with Crippen LogP contribution in [0.4, 0.5) is 10.7 Å². The summed E-state index contributed by atoms with van der Waals surface area (Å²) in [7, 11) is 0. The second kappa shape index (κ2) is 6.23. The molecular formula is C13H20N6O4. The first-order chi connectivity index (χ1) is 10.7. The zero-order valence-electron chi connectivity index (χ0n) is 13.2. The minimum absolute atomic E-state index is 0.0414. The zero-order valence-corrected chi connectivity index (χ0v) is 13.2. The Hall–Kier alpha value is -2.65. The largest absolute Gasteiger partial charge is 0.444 e. The van der Waals surface area contributed by atoms with Crippen molar-refractivity contribution in [1.29, 1.82) is 0 Å². The van der Waals surface area contributed by atoms with Gasteiger partial charge in [0.1, 0.15) is 18.0 Å². The molecule has 0 spiro atoms. The first-order valence-electron chi connectivity index (χ1n) is 7.13. The van der Waals surface area contributed by atoms with Crippen LogP contribution in [-0.4, -0.2) is 44.3 Å². The number of aromatic nitrogens is 3. The molecule has 2 atom stereocenters. The topological polar surface area (TPSA) is 141 Å². The Morgan fingerprint density at radius 1 is 1.57 bits per heavy atom. The molecule has 1 aromatic heterocycles. The molecule has 0 saturated heterocycles. The molecule has 0 fully saturated rings. The lowest BCUT2D eigenvalue weighted by Gasteiger charge is -2.26. The fraction of sp³-hybridized carbons (Fsp3) is 0.615. The third-order valence-corrected chi connectivity index (χ3v) is 3.17. The van der Waals surface area contributed by atoms with Crippen molar-refractivity contribution in [3.63, 3.8) is 0 Å². The van der Waals surface area contributed by atoms with Crippen LogP contribution in [-0.2, 0) is 20.9 Å². The highest BCUT2D eigenvalue weighted by atomic mass is 16.6. The minimum atomic E-state index is -1.02. The number of carbonyl (C=O) groups is 3. The quantitative estimate of drug-likeness (QED) is 0.689. The predicted molar refractivity (Wildman–Crippen MR) is 79.1 cm³/mol. The zero-order chi connectivity index (χ0) is 17.2. The van der Waals surface area contributed by atoms with Crippen LogP contribution >= 0.6 is 0 Å². The molecular weight excluding hydrogens is 304 g/mol. The van der Waals surface area contributed by atoms with Crippen molar-refractivity contribution in [3.8, 4) is 0 Å². The molecule has 2 heterocycles. The van der Waals surface area contributed by atoms with Crippen LogP contribution in [0.15, 0.2) is 6.33 Å². The van der Waals surface area contributed by atoms with Crippen LogP contribution in [0.25, 0.3) is 0 Å². The number of nitrogens with two attached hydrogens (primary N) is 1. The Morgan fingerprint density at radius 3 is 2.87 bits per heavy atom. The number of fused-ring (bicyclic) bond motifs is 1. The highest BCUT2D eigenvalue weighted by Crippen LogP contribution is 2.19. The average Bonchev–Trinajstić information content (AvgIpc) is 2.82. The molecule has 126 valence electrons. The first kappa shape index (κ1) is 16.7. The summed E-state index contributed by atoms with van der Waals surface area (Å²) >= 11 is 0. The fourth-order valence-electron chi connectivity index (χ4n) is 2.16. The van der Waals surface area contributed by atoms with Gasteiger partial charge in [-0.25, -0.2) is 9.48 Å². The molecule has 1 aliphatic rings. The molecule has 0 aromatic carbocycles. The van der Waals surface area contributed by atoms with E-state index in [9.17, 15) is 14.4 Å². The van der Waals surface area contributed by atoms with Crippen LogP contribution in [0.5, 0.6) is 0 Å². The van der Waals surface area contributed by atoms with Gasteiger partial charge in [-0.2, -0.15) is 10.1 Å². The highest BCUT2D eigenvalue weighted by Gasteiger charge is 2.33. The maximum absolute atomic E-state index is 12.0. The van der Waals surface area contributed by atoms with Gasteiger partial charge in [0.05, 0.1) is 12.5 Å². The van der Waals surface area contributed by atoms with E-state index >= 15 is 0 Å². The number of amides is 3. The number of anilines is 1. The summed E-state index contributed by atoms with van der Waals surface area (Å²) in [6, 6.07) is -1.02. The van der Waals surface area contributed by atoms with Gasteiger partial charge in [-0.05, 0) is 27.2 Å². The van der Waals surface area contributed by atoms with Crippen LogP contribution in [0, 0.1) is 5.92 Å². The van der Waals surface area contributed by atoms with Gasteiger partial charge in [0.15, 0.2) is 0 Å².